The number of methoxy groups -OCH3 is 1. The van der Waals surface area contributed by atoms with Crippen molar-refractivity contribution in [3.63, 3.8) is 0 Å². The van der Waals surface area contributed by atoms with Crippen LogP contribution in [0, 0.1) is 6.92 Å². The molecular formula is C25H27N3O5S. The second-order valence-corrected chi connectivity index (χ2v) is 9.50. The lowest BCUT2D eigenvalue weighted by molar-refractivity contribution is -0.116. The van der Waals surface area contributed by atoms with E-state index >= 15 is 0 Å². The normalized spacial score (nSPS) is 11.0. The van der Waals surface area contributed by atoms with Gasteiger partial charge in [-0.05, 0) is 42.3 Å². The van der Waals surface area contributed by atoms with Crippen molar-refractivity contribution in [3.8, 4) is 5.75 Å². The smallest absolute Gasteiger partial charge is 0.254 e. The largest absolute Gasteiger partial charge is 0.497 e. The molecule has 2 amide bonds. The summed E-state index contributed by atoms with van der Waals surface area (Å²) in [4.78, 5) is 26.7. The number of nitrogens with zero attached hydrogens (tertiary/aromatic N) is 1. The maximum Gasteiger partial charge on any atom is 0.254 e. The van der Waals surface area contributed by atoms with E-state index in [2.05, 4.69) is 10.0 Å². The molecule has 0 saturated heterocycles. The van der Waals surface area contributed by atoms with E-state index in [0.29, 0.717) is 17.0 Å². The molecule has 0 aliphatic rings. The van der Waals surface area contributed by atoms with Crippen molar-refractivity contribution < 1.29 is 22.7 Å². The first-order valence-corrected chi connectivity index (χ1v) is 12.0. The van der Waals surface area contributed by atoms with Gasteiger partial charge in [0.2, 0.25) is 15.9 Å². The number of benzene rings is 3. The summed E-state index contributed by atoms with van der Waals surface area (Å²) in [7, 11) is -0.822. The first-order valence-electron chi connectivity index (χ1n) is 10.5. The van der Waals surface area contributed by atoms with E-state index in [1.54, 1.807) is 37.3 Å². The molecule has 0 radical (unpaired) electrons. The summed E-state index contributed by atoms with van der Waals surface area (Å²) in [5.74, 6) is -0.259. The van der Waals surface area contributed by atoms with Crippen molar-refractivity contribution in [2.75, 3.05) is 26.0 Å². The van der Waals surface area contributed by atoms with Crippen molar-refractivity contribution in [2.45, 2.75) is 18.4 Å². The summed E-state index contributed by atoms with van der Waals surface area (Å²) in [6.07, 6.45) is 0. The Balaban J connectivity index is 1.70. The van der Waals surface area contributed by atoms with Crippen LogP contribution in [0.1, 0.15) is 21.5 Å². The predicted octanol–water partition coefficient (Wildman–Crippen LogP) is 3.19. The van der Waals surface area contributed by atoms with E-state index in [1.165, 1.54) is 31.2 Å². The van der Waals surface area contributed by atoms with Crippen LogP contribution >= 0.6 is 0 Å². The van der Waals surface area contributed by atoms with E-state index in [9.17, 15) is 18.0 Å². The fraction of sp³-hybridized carbons (Fsp3) is 0.200. The number of hydrogen-bond acceptors (Lipinski definition) is 5. The van der Waals surface area contributed by atoms with Gasteiger partial charge >= 0.3 is 0 Å². The number of carbonyl (C=O) groups excluding carboxylic acids is 2. The van der Waals surface area contributed by atoms with Crippen LogP contribution in [0.4, 0.5) is 5.69 Å². The molecule has 0 heterocycles. The highest BCUT2D eigenvalue weighted by atomic mass is 32.2. The number of aryl methyl sites for hydroxylation is 1. The molecular weight excluding hydrogens is 454 g/mol. The standard InChI is InChI=1S/C25H27N3O5S/c1-18-12-13-22(34(31,32)26-16-19-8-5-4-6-9-19)15-23(18)25(30)28(2)17-24(29)27-20-10-7-11-21(14-20)33-3/h4-15,26H,16-17H2,1-3H3,(H,27,29). The topological polar surface area (TPSA) is 105 Å². The quantitative estimate of drug-likeness (QED) is 0.488. The maximum absolute atomic E-state index is 13.0. The zero-order valence-electron chi connectivity index (χ0n) is 19.2. The zero-order chi connectivity index (χ0) is 24.7. The molecule has 0 saturated carbocycles. The van der Waals surface area contributed by atoms with Gasteiger partial charge in [0, 0.05) is 30.9 Å². The van der Waals surface area contributed by atoms with E-state index in [-0.39, 0.29) is 23.5 Å². The van der Waals surface area contributed by atoms with E-state index < -0.39 is 21.8 Å². The zero-order valence-corrected chi connectivity index (χ0v) is 20.1. The second-order valence-electron chi connectivity index (χ2n) is 7.73. The number of carbonyl (C=O) groups is 2. The number of nitrogens with one attached hydrogen (secondary N) is 2. The first kappa shape index (κ1) is 24.9. The lowest BCUT2D eigenvalue weighted by atomic mass is 10.1. The van der Waals surface area contributed by atoms with E-state index in [0.717, 1.165) is 5.56 Å². The van der Waals surface area contributed by atoms with Crippen molar-refractivity contribution in [1.82, 2.24) is 9.62 Å². The number of anilines is 1. The lowest BCUT2D eigenvalue weighted by Crippen LogP contribution is -2.35. The number of rotatable bonds is 9. The molecule has 34 heavy (non-hydrogen) atoms. The highest BCUT2D eigenvalue weighted by Crippen LogP contribution is 2.19. The van der Waals surface area contributed by atoms with Crippen molar-refractivity contribution in [1.29, 1.82) is 0 Å². The van der Waals surface area contributed by atoms with Gasteiger partial charge in [0.25, 0.3) is 5.91 Å². The molecule has 3 aromatic carbocycles. The van der Waals surface area contributed by atoms with Crippen LogP contribution < -0.4 is 14.8 Å². The minimum absolute atomic E-state index is 0.0217. The van der Waals surface area contributed by atoms with Crippen LogP contribution in [-0.4, -0.2) is 45.8 Å². The molecule has 0 atom stereocenters. The van der Waals surface area contributed by atoms with Crippen LogP contribution in [0.3, 0.4) is 0 Å². The molecule has 0 fully saturated rings. The fourth-order valence-corrected chi connectivity index (χ4v) is 4.29. The van der Waals surface area contributed by atoms with E-state index in [4.69, 9.17) is 4.74 Å². The Morgan fingerprint density at radius 3 is 2.41 bits per heavy atom. The third-order valence-electron chi connectivity index (χ3n) is 5.14. The number of hydrogen-bond donors (Lipinski definition) is 2. The van der Waals surface area contributed by atoms with Crippen molar-refractivity contribution in [3.05, 3.63) is 89.5 Å². The average Bonchev–Trinajstić information content (AvgIpc) is 2.83. The van der Waals surface area contributed by atoms with Gasteiger partial charge in [0.1, 0.15) is 5.75 Å². The van der Waals surface area contributed by atoms with Gasteiger partial charge in [-0.25, -0.2) is 13.1 Å². The monoisotopic (exact) mass is 481 g/mol. The van der Waals surface area contributed by atoms with Crippen LogP contribution in [0.5, 0.6) is 5.75 Å². The van der Waals surface area contributed by atoms with Crippen LogP contribution in [0.15, 0.2) is 77.7 Å². The van der Waals surface area contributed by atoms with Gasteiger partial charge in [-0.2, -0.15) is 0 Å². The molecule has 0 spiro atoms. The van der Waals surface area contributed by atoms with Gasteiger partial charge in [-0.3, -0.25) is 9.59 Å². The Kier molecular flexibility index (Phi) is 8.04. The van der Waals surface area contributed by atoms with Crippen molar-refractivity contribution in [2.24, 2.45) is 0 Å². The van der Waals surface area contributed by atoms with Gasteiger partial charge in [0.05, 0.1) is 18.6 Å². The molecule has 0 aliphatic carbocycles. The lowest BCUT2D eigenvalue weighted by Gasteiger charge is -2.19. The average molecular weight is 482 g/mol. The van der Waals surface area contributed by atoms with Gasteiger partial charge in [0.15, 0.2) is 0 Å². The molecule has 0 unspecified atom stereocenters. The summed E-state index contributed by atoms with van der Waals surface area (Å²) in [6, 6.07) is 20.4. The summed E-state index contributed by atoms with van der Waals surface area (Å²) < 4.78 is 33.3. The van der Waals surface area contributed by atoms with Crippen LogP contribution in [0.2, 0.25) is 0 Å². The van der Waals surface area contributed by atoms with E-state index in [1.807, 2.05) is 30.3 Å². The summed E-state index contributed by atoms with van der Waals surface area (Å²) in [6.45, 7) is 1.63. The van der Waals surface area contributed by atoms with Crippen LogP contribution in [-0.2, 0) is 21.4 Å². The number of ether oxygens (including phenoxy) is 1. The molecule has 0 aliphatic heterocycles. The fourth-order valence-electron chi connectivity index (χ4n) is 3.25. The minimum Gasteiger partial charge on any atom is -0.497 e. The third-order valence-corrected chi connectivity index (χ3v) is 6.54. The maximum atomic E-state index is 13.0. The van der Waals surface area contributed by atoms with Gasteiger partial charge in [-0.1, -0.05) is 42.5 Å². The Hall–Kier alpha value is -3.69. The first-order chi connectivity index (χ1) is 16.2. The Labute approximate surface area is 199 Å². The second kappa shape index (κ2) is 11.0. The molecule has 0 aromatic heterocycles. The highest BCUT2D eigenvalue weighted by Gasteiger charge is 2.21. The number of amides is 2. The predicted molar refractivity (Wildman–Crippen MR) is 130 cm³/mol. The van der Waals surface area contributed by atoms with Crippen molar-refractivity contribution >= 4 is 27.5 Å². The molecule has 3 aromatic rings. The number of likely N-dealkylation sites (N-methyl/N-ethyl adjacent to an activating group) is 1. The third kappa shape index (κ3) is 6.43. The molecule has 3 rings (SSSR count). The van der Waals surface area contributed by atoms with Gasteiger partial charge in [-0.15, -0.1) is 0 Å². The molecule has 2 N–H and O–H groups in total. The SMILES string of the molecule is COc1cccc(NC(=O)CN(C)C(=O)c2cc(S(=O)(=O)NCc3ccccc3)ccc2C)c1. The Bertz CT molecular complexity index is 1280. The number of sulfonamides is 1. The highest BCUT2D eigenvalue weighted by molar-refractivity contribution is 7.89. The Morgan fingerprint density at radius 1 is 0.971 bits per heavy atom. The van der Waals surface area contributed by atoms with Crippen LogP contribution in [0.25, 0.3) is 0 Å². The summed E-state index contributed by atoms with van der Waals surface area (Å²) in [5, 5.41) is 2.72. The summed E-state index contributed by atoms with van der Waals surface area (Å²) in [5.41, 5.74) is 2.17. The molecule has 178 valence electrons. The molecule has 0 bridgehead atoms. The molecule has 8 nitrogen and oxygen atoms in total. The van der Waals surface area contributed by atoms with Gasteiger partial charge < -0.3 is 15.0 Å². The summed E-state index contributed by atoms with van der Waals surface area (Å²) >= 11 is 0. The molecule has 9 heteroatoms. The Morgan fingerprint density at radius 2 is 1.71 bits per heavy atom. The minimum atomic E-state index is -3.84.